The molecular weight excluding hydrogens is 475 g/mol. The van der Waals surface area contributed by atoms with E-state index >= 15 is 0 Å². The van der Waals surface area contributed by atoms with Crippen molar-refractivity contribution in [3.8, 4) is 0 Å². The molecule has 34 heavy (non-hydrogen) atoms. The van der Waals surface area contributed by atoms with E-state index in [0.717, 1.165) is 16.4 Å². The molecule has 0 N–H and O–H groups in total. The Balaban J connectivity index is 1.81. The van der Waals surface area contributed by atoms with E-state index in [0.29, 0.717) is 29.3 Å². The first kappa shape index (κ1) is 24.4. The van der Waals surface area contributed by atoms with Crippen LogP contribution in [-0.4, -0.2) is 39.6 Å². The summed E-state index contributed by atoms with van der Waals surface area (Å²) in [5.41, 5.74) is 0.453. The summed E-state index contributed by atoms with van der Waals surface area (Å²) in [7, 11) is 0. The maximum Gasteiger partial charge on any atom is 0.275 e. The molecule has 4 rings (SSSR count). The maximum atomic E-state index is 13.9. The largest absolute Gasteiger partial charge is 0.292 e. The van der Waals surface area contributed by atoms with Crippen LogP contribution in [0.25, 0.3) is 0 Å². The van der Waals surface area contributed by atoms with Gasteiger partial charge in [-0.25, -0.2) is 5.01 Å². The molecular formula is C26H26Cl2N2O4. The number of amides is 3. The molecule has 2 aromatic rings. The lowest BCUT2D eigenvalue weighted by Gasteiger charge is -2.36. The van der Waals surface area contributed by atoms with Gasteiger partial charge in [-0.05, 0) is 49.8 Å². The number of ketones is 1. The molecule has 3 amide bonds. The van der Waals surface area contributed by atoms with Crippen molar-refractivity contribution < 1.29 is 19.2 Å². The lowest BCUT2D eigenvalue weighted by Crippen LogP contribution is -2.57. The van der Waals surface area contributed by atoms with Crippen molar-refractivity contribution in [2.24, 2.45) is 17.8 Å². The predicted molar refractivity (Wildman–Crippen MR) is 129 cm³/mol. The van der Waals surface area contributed by atoms with E-state index in [1.54, 1.807) is 37.3 Å². The highest BCUT2D eigenvalue weighted by molar-refractivity contribution is 6.36. The van der Waals surface area contributed by atoms with Crippen molar-refractivity contribution in [2.75, 3.05) is 0 Å². The van der Waals surface area contributed by atoms with Gasteiger partial charge in [0.1, 0.15) is 6.04 Å². The van der Waals surface area contributed by atoms with Crippen LogP contribution in [0.15, 0.2) is 48.5 Å². The molecule has 0 spiro atoms. The Morgan fingerprint density at radius 1 is 1.03 bits per heavy atom. The molecule has 1 aliphatic heterocycles. The number of hydrogen-bond acceptors (Lipinski definition) is 4. The molecule has 1 saturated heterocycles. The van der Waals surface area contributed by atoms with Crippen LogP contribution in [-0.2, 0) is 9.59 Å². The number of benzene rings is 2. The second-order valence-corrected chi connectivity index (χ2v) is 9.89. The Morgan fingerprint density at radius 2 is 1.71 bits per heavy atom. The van der Waals surface area contributed by atoms with Crippen molar-refractivity contribution in [3.05, 3.63) is 69.7 Å². The van der Waals surface area contributed by atoms with Gasteiger partial charge in [-0.2, -0.15) is 5.01 Å². The normalized spacial score (nSPS) is 22.9. The molecule has 4 atom stereocenters. The molecule has 2 aliphatic rings. The summed E-state index contributed by atoms with van der Waals surface area (Å²) in [4.78, 5) is 54.4. The fraction of sp³-hybridized carbons (Fsp3) is 0.385. The van der Waals surface area contributed by atoms with Gasteiger partial charge in [0, 0.05) is 10.6 Å². The van der Waals surface area contributed by atoms with Crippen molar-refractivity contribution in [2.45, 2.75) is 45.6 Å². The molecule has 178 valence electrons. The SMILES string of the molecule is CC[C@H](C(=O)c1ccccc1)N(C(=O)c1ccc(Cl)cc1Cl)N1C(=O)[C@H]2C[C@H](C)CC[C@H]2C1=O. The highest BCUT2D eigenvalue weighted by atomic mass is 35.5. The van der Waals surface area contributed by atoms with Crippen LogP contribution in [0.4, 0.5) is 0 Å². The number of imide groups is 1. The first-order chi connectivity index (χ1) is 16.2. The number of carbonyl (C=O) groups is 4. The van der Waals surface area contributed by atoms with Crippen LogP contribution in [0.2, 0.25) is 10.0 Å². The van der Waals surface area contributed by atoms with Crippen molar-refractivity contribution in [1.82, 2.24) is 10.0 Å². The second kappa shape index (κ2) is 9.88. The zero-order valence-electron chi connectivity index (χ0n) is 19.0. The minimum absolute atomic E-state index is 0.0641. The number of hydrogen-bond donors (Lipinski definition) is 0. The smallest absolute Gasteiger partial charge is 0.275 e. The molecule has 1 heterocycles. The van der Waals surface area contributed by atoms with E-state index < -0.39 is 35.6 Å². The van der Waals surface area contributed by atoms with E-state index in [1.807, 2.05) is 0 Å². The Hall–Kier alpha value is -2.70. The highest BCUT2D eigenvalue weighted by Crippen LogP contribution is 2.42. The quantitative estimate of drug-likeness (QED) is 0.391. The first-order valence-corrected chi connectivity index (χ1v) is 12.3. The predicted octanol–water partition coefficient (Wildman–Crippen LogP) is 5.43. The summed E-state index contributed by atoms with van der Waals surface area (Å²) in [6, 6.07) is 11.8. The van der Waals surface area contributed by atoms with E-state index in [1.165, 1.54) is 18.2 Å². The van der Waals surface area contributed by atoms with Gasteiger partial charge in [0.15, 0.2) is 5.78 Å². The molecule has 0 radical (unpaired) electrons. The Kier molecular flexibility index (Phi) is 7.10. The molecule has 1 aliphatic carbocycles. The fourth-order valence-corrected chi connectivity index (χ4v) is 5.50. The Bertz CT molecular complexity index is 1140. The third-order valence-corrected chi connectivity index (χ3v) is 7.34. The molecule has 2 aromatic carbocycles. The lowest BCUT2D eigenvalue weighted by molar-refractivity contribution is -0.156. The molecule has 0 bridgehead atoms. The van der Waals surface area contributed by atoms with Crippen molar-refractivity contribution in [3.63, 3.8) is 0 Å². The standard InChI is InChI=1S/C26H26Cl2N2O4/c1-3-22(23(31)16-7-5-4-6-8-16)29(25(33)19-12-10-17(27)14-21(19)28)30-24(32)18-11-9-15(2)13-20(18)26(30)34/h4-8,10,12,14-15,18,20,22H,3,9,11,13H2,1-2H3/t15-,18-,20+,22-/m1/s1. The maximum absolute atomic E-state index is 13.9. The first-order valence-electron chi connectivity index (χ1n) is 11.5. The van der Waals surface area contributed by atoms with Crippen LogP contribution in [0.3, 0.4) is 0 Å². The van der Waals surface area contributed by atoms with Crippen LogP contribution < -0.4 is 0 Å². The summed E-state index contributed by atoms with van der Waals surface area (Å²) in [5.74, 6) is -2.57. The van der Waals surface area contributed by atoms with Gasteiger partial charge >= 0.3 is 0 Å². The molecule has 0 aromatic heterocycles. The molecule has 0 unspecified atom stereocenters. The van der Waals surface area contributed by atoms with Gasteiger partial charge in [0.25, 0.3) is 17.7 Å². The summed E-state index contributed by atoms with van der Waals surface area (Å²) < 4.78 is 0. The third-order valence-electron chi connectivity index (χ3n) is 6.79. The van der Waals surface area contributed by atoms with Gasteiger partial charge in [-0.1, -0.05) is 67.4 Å². The second-order valence-electron chi connectivity index (χ2n) is 9.05. The van der Waals surface area contributed by atoms with Crippen LogP contribution >= 0.6 is 23.2 Å². The number of nitrogens with zero attached hydrogens (tertiary/aromatic N) is 2. The van der Waals surface area contributed by atoms with Gasteiger partial charge in [-0.15, -0.1) is 0 Å². The Labute approximate surface area is 208 Å². The van der Waals surface area contributed by atoms with Crippen LogP contribution in [0.1, 0.15) is 60.2 Å². The van der Waals surface area contributed by atoms with Crippen molar-refractivity contribution >= 4 is 46.7 Å². The van der Waals surface area contributed by atoms with E-state index in [4.69, 9.17) is 23.2 Å². The zero-order chi connectivity index (χ0) is 24.6. The monoisotopic (exact) mass is 500 g/mol. The molecule has 2 fully saturated rings. The van der Waals surface area contributed by atoms with E-state index in [9.17, 15) is 19.2 Å². The fourth-order valence-electron chi connectivity index (χ4n) is 5.01. The average molecular weight is 501 g/mol. The van der Waals surface area contributed by atoms with Gasteiger partial charge < -0.3 is 0 Å². The summed E-state index contributed by atoms with van der Waals surface area (Å²) in [6.45, 7) is 3.80. The molecule has 8 heteroatoms. The number of halogens is 2. The van der Waals surface area contributed by atoms with Gasteiger partial charge in [0.05, 0.1) is 22.4 Å². The number of carbonyl (C=O) groups excluding carboxylic acids is 4. The molecule has 1 saturated carbocycles. The topological polar surface area (TPSA) is 74.8 Å². The minimum atomic E-state index is -1.06. The third kappa shape index (κ3) is 4.37. The lowest BCUT2D eigenvalue weighted by atomic mass is 9.76. The van der Waals surface area contributed by atoms with Gasteiger partial charge in [0.2, 0.25) is 0 Å². The van der Waals surface area contributed by atoms with E-state index in [-0.39, 0.29) is 22.8 Å². The minimum Gasteiger partial charge on any atom is -0.292 e. The summed E-state index contributed by atoms with van der Waals surface area (Å²) >= 11 is 12.3. The highest BCUT2D eigenvalue weighted by Gasteiger charge is 2.54. The van der Waals surface area contributed by atoms with Gasteiger partial charge in [-0.3, -0.25) is 19.2 Å². The zero-order valence-corrected chi connectivity index (χ0v) is 20.6. The van der Waals surface area contributed by atoms with Crippen LogP contribution in [0.5, 0.6) is 0 Å². The molecule has 6 nitrogen and oxygen atoms in total. The average Bonchev–Trinajstić information content (AvgIpc) is 3.06. The van der Waals surface area contributed by atoms with E-state index in [2.05, 4.69) is 6.92 Å². The summed E-state index contributed by atoms with van der Waals surface area (Å²) in [5, 5.41) is 2.39. The van der Waals surface area contributed by atoms with Crippen molar-refractivity contribution in [1.29, 1.82) is 0 Å². The van der Waals surface area contributed by atoms with Crippen LogP contribution in [0, 0.1) is 17.8 Å². The number of Topliss-reactive ketones (excluding diaryl/α,β-unsaturated/α-hetero) is 1. The number of hydrazine groups is 1. The number of rotatable bonds is 6. The number of fused-ring (bicyclic) bond motifs is 1. The summed E-state index contributed by atoms with van der Waals surface area (Å²) in [6.07, 6.45) is 2.21. The Morgan fingerprint density at radius 3 is 2.35 bits per heavy atom.